The van der Waals surface area contributed by atoms with Gasteiger partial charge in [0.25, 0.3) is 0 Å². The summed E-state index contributed by atoms with van der Waals surface area (Å²) in [6, 6.07) is 0.702. The molecule has 1 heterocycles. The van der Waals surface area contributed by atoms with Crippen molar-refractivity contribution < 1.29 is 0 Å². The van der Waals surface area contributed by atoms with Crippen LogP contribution in [0, 0.1) is 7.05 Å². The van der Waals surface area contributed by atoms with E-state index in [0.717, 1.165) is 13.1 Å². The van der Waals surface area contributed by atoms with Crippen LogP contribution >= 0.6 is 0 Å². The SMILES string of the molecule is [CH2]N1CCN(C(C)C)CC1. The smallest absolute Gasteiger partial charge is 0.0113 e. The van der Waals surface area contributed by atoms with E-state index in [4.69, 9.17) is 0 Å². The highest BCUT2D eigenvalue weighted by molar-refractivity contribution is 4.73. The molecule has 10 heavy (non-hydrogen) atoms. The third kappa shape index (κ3) is 1.96. The molecule has 1 rings (SSSR count). The Hall–Kier alpha value is -0.0800. The lowest BCUT2D eigenvalue weighted by Gasteiger charge is -2.34. The Morgan fingerprint density at radius 3 is 2.00 bits per heavy atom. The molecule has 1 saturated heterocycles. The van der Waals surface area contributed by atoms with Crippen molar-refractivity contribution in [2.24, 2.45) is 0 Å². The van der Waals surface area contributed by atoms with Gasteiger partial charge in [-0.1, -0.05) is 0 Å². The monoisotopic (exact) mass is 141 g/mol. The van der Waals surface area contributed by atoms with Crippen molar-refractivity contribution in [3.8, 4) is 0 Å². The third-order valence-corrected chi connectivity index (χ3v) is 2.14. The van der Waals surface area contributed by atoms with Crippen LogP contribution in [0.15, 0.2) is 0 Å². The van der Waals surface area contributed by atoms with Gasteiger partial charge in [-0.15, -0.1) is 0 Å². The Bertz CT molecular complexity index is 93.4. The minimum atomic E-state index is 0.702. The fourth-order valence-corrected chi connectivity index (χ4v) is 1.28. The number of hydrogen-bond donors (Lipinski definition) is 0. The molecule has 59 valence electrons. The van der Waals surface area contributed by atoms with Crippen LogP contribution in [-0.4, -0.2) is 42.0 Å². The van der Waals surface area contributed by atoms with Gasteiger partial charge in [0.1, 0.15) is 0 Å². The normalized spacial score (nSPS) is 24.0. The molecule has 0 amide bonds. The molecule has 0 aromatic rings. The van der Waals surface area contributed by atoms with E-state index < -0.39 is 0 Å². The van der Waals surface area contributed by atoms with Crippen molar-refractivity contribution in [1.82, 2.24) is 9.80 Å². The first-order chi connectivity index (χ1) is 4.70. The maximum absolute atomic E-state index is 3.90. The van der Waals surface area contributed by atoms with E-state index in [2.05, 4.69) is 30.7 Å². The summed E-state index contributed by atoms with van der Waals surface area (Å²) in [5, 5.41) is 0. The van der Waals surface area contributed by atoms with Crippen molar-refractivity contribution in [2.45, 2.75) is 19.9 Å². The molecule has 1 fully saturated rings. The van der Waals surface area contributed by atoms with Gasteiger partial charge >= 0.3 is 0 Å². The minimum Gasteiger partial charge on any atom is -0.300 e. The lowest BCUT2D eigenvalue weighted by atomic mass is 10.2. The molecule has 0 spiro atoms. The first-order valence-corrected chi connectivity index (χ1v) is 3.99. The number of hydrogen-bond acceptors (Lipinski definition) is 2. The summed E-state index contributed by atoms with van der Waals surface area (Å²) in [4.78, 5) is 4.63. The van der Waals surface area contributed by atoms with Crippen LogP contribution in [-0.2, 0) is 0 Å². The third-order valence-electron chi connectivity index (χ3n) is 2.14. The Kier molecular flexibility index (Phi) is 2.69. The number of piperazine rings is 1. The largest absolute Gasteiger partial charge is 0.300 e. The van der Waals surface area contributed by atoms with Crippen molar-refractivity contribution in [1.29, 1.82) is 0 Å². The Labute approximate surface area is 63.8 Å². The van der Waals surface area contributed by atoms with Crippen molar-refractivity contribution in [3.63, 3.8) is 0 Å². The lowest BCUT2D eigenvalue weighted by molar-refractivity contribution is 0.136. The average Bonchev–Trinajstić information content (AvgIpc) is 1.88. The molecule has 2 nitrogen and oxygen atoms in total. The maximum Gasteiger partial charge on any atom is 0.0113 e. The van der Waals surface area contributed by atoms with E-state index in [9.17, 15) is 0 Å². The molecular formula is C8H17N2. The average molecular weight is 141 g/mol. The molecule has 0 bridgehead atoms. The highest BCUT2D eigenvalue weighted by Gasteiger charge is 2.15. The van der Waals surface area contributed by atoms with Gasteiger partial charge in [-0.2, -0.15) is 0 Å². The second-order valence-corrected chi connectivity index (χ2v) is 3.25. The molecule has 1 radical (unpaired) electrons. The van der Waals surface area contributed by atoms with Crippen LogP contribution in [0.2, 0.25) is 0 Å². The molecule has 1 aliphatic heterocycles. The van der Waals surface area contributed by atoms with Crippen LogP contribution in [0.25, 0.3) is 0 Å². The van der Waals surface area contributed by atoms with Gasteiger partial charge in [0, 0.05) is 39.3 Å². The molecule has 1 aliphatic rings. The van der Waals surface area contributed by atoms with Gasteiger partial charge in [-0.3, -0.25) is 9.80 Å². The summed E-state index contributed by atoms with van der Waals surface area (Å²) in [7, 11) is 3.90. The molecule has 0 N–H and O–H groups in total. The van der Waals surface area contributed by atoms with Gasteiger partial charge in [-0.05, 0) is 13.8 Å². The van der Waals surface area contributed by atoms with Crippen molar-refractivity contribution in [2.75, 3.05) is 26.2 Å². The van der Waals surface area contributed by atoms with E-state index >= 15 is 0 Å². The predicted molar refractivity (Wildman–Crippen MR) is 43.6 cm³/mol. The summed E-state index contributed by atoms with van der Waals surface area (Å²) in [5.41, 5.74) is 0. The van der Waals surface area contributed by atoms with Crippen LogP contribution < -0.4 is 0 Å². The van der Waals surface area contributed by atoms with E-state index in [1.165, 1.54) is 13.1 Å². The van der Waals surface area contributed by atoms with Crippen LogP contribution in [0.4, 0.5) is 0 Å². The van der Waals surface area contributed by atoms with E-state index in [1.807, 2.05) is 0 Å². The topological polar surface area (TPSA) is 6.48 Å². The number of nitrogens with zero attached hydrogens (tertiary/aromatic N) is 2. The zero-order valence-electron chi connectivity index (χ0n) is 7.01. The molecule has 0 saturated carbocycles. The quantitative estimate of drug-likeness (QED) is 0.533. The zero-order chi connectivity index (χ0) is 7.56. The van der Waals surface area contributed by atoms with Crippen LogP contribution in [0.1, 0.15) is 13.8 Å². The first kappa shape index (κ1) is 8.02. The van der Waals surface area contributed by atoms with E-state index in [0.29, 0.717) is 6.04 Å². The standard InChI is InChI=1S/C8H17N2/c1-8(2)10-6-4-9(3)5-7-10/h8H,3-7H2,1-2H3. The summed E-state index contributed by atoms with van der Waals surface area (Å²) in [5.74, 6) is 0. The van der Waals surface area contributed by atoms with Gasteiger partial charge < -0.3 is 0 Å². The van der Waals surface area contributed by atoms with Gasteiger partial charge in [-0.25, -0.2) is 0 Å². The predicted octanol–water partition coefficient (Wildman–Crippen LogP) is 0.804. The molecule has 0 aromatic carbocycles. The summed E-state index contributed by atoms with van der Waals surface area (Å²) >= 11 is 0. The molecule has 0 aromatic heterocycles. The Morgan fingerprint density at radius 2 is 1.60 bits per heavy atom. The molecule has 0 atom stereocenters. The van der Waals surface area contributed by atoms with Crippen molar-refractivity contribution in [3.05, 3.63) is 7.05 Å². The molecule has 2 heteroatoms. The van der Waals surface area contributed by atoms with Crippen molar-refractivity contribution >= 4 is 0 Å². The van der Waals surface area contributed by atoms with E-state index in [1.54, 1.807) is 0 Å². The summed E-state index contributed by atoms with van der Waals surface area (Å²) < 4.78 is 0. The highest BCUT2D eigenvalue weighted by atomic mass is 15.3. The summed E-state index contributed by atoms with van der Waals surface area (Å²) in [6.07, 6.45) is 0. The van der Waals surface area contributed by atoms with Gasteiger partial charge in [0.15, 0.2) is 0 Å². The summed E-state index contributed by atoms with van der Waals surface area (Å²) in [6.45, 7) is 9.11. The highest BCUT2D eigenvalue weighted by Crippen LogP contribution is 2.03. The second-order valence-electron chi connectivity index (χ2n) is 3.25. The van der Waals surface area contributed by atoms with Gasteiger partial charge in [0.05, 0.1) is 0 Å². The van der Waals surface area contributed by atoms with Gasteiger partial charge in [0.2, 0.25) is 0 Å². The fourth-order valence-electron chi connectivity index (χ4n) is 1.28. The maximum atomic E-state index is 3.90. The lowest BCUT2D eigenvalue weighted by Crippen LogP contribution is -2.46. The Morgan fingerprint density at radius 1 is 1.10 bits per heavy atom. The molecular weight excluding hydrogens is 124 g/mol. The first-order valence-electron chi connectivity index (χ1n) is 3.99. The van der Waals surface area contributed by atoms with Crippen LogP contribution in [0.5, 0.6) is 0 Å². The van der Waals surface area contributed by atoms with Crippen LogP contribution in [0.3, 0.4) is 0 Å². The molecule has 0 aliphatic carbocycles. The van der Waals surface area contributed by atoms with E-state index in [-0.39, 0.29) is 0 Å². The fraction of sp³-hybridized carbons (Fsp3) is 0.875. The number of rotatable bonds is 1. The second kappa shape index (κ2) is 3.35. The Balaban J connectivity index is 2.26. The molecule has 0 unspecified atom stereocenters. The zero-order valence-corrected chi connectivity index (χ0v) is 7.01. The minimum absolute atomic E-state index is 0.702.